The van der Waals surface area contributed by atoms with Gasteiger partial charge >= 0.3 is 0 Å². The lowest BCUT2D eigenvalue weighted by molar-refractivity contribution is -0.385. The first-order valence-corrected chi connectivity index (χ1v) is 6.04. The highest BCUT2D eigenvalue weighted by Gasteiger charge is 2.14. The van der Waals surface area contributed by atoms with E-state index in [9.17, 15) is 10.1 Å². The van der Waals surface area contributed by atoms with Crippen LogP contribution < -0.4 is 5.32 Å². The Hall–Kier alpha value is -1.89. The molecule has 0 unspecified atom stereocenters. The molecular weight excluding hydrogens is 300 g/mol. The molecule has 2 aromatic rings. The number of hydrogen-bond donors (Lipinski definition) is 2. The van der Waals surface area contributed by atoms with Gasteiger partial charge in [0.1, 0.15) is 5.82 Å². The van der Waals surface area contributed by atoms with E-state index >= 15 is 0 Å². The minimum Gasteiger partial charge on any atom is -0.377 e. The maximum atomic E-state index is 10.9. The Balaban J connectivity index is 2.22. The van der Waals surface area contributed by atoms with Gasteiger partial charge in [0.2, 0.25) is 0 Å². The first-order valence-electron chi connectivity index (χ1n) is 5.24. The van der Waals surface area contributed by atoms with E-state index in [4.69, 9.17) is 0 Å². The fourth-order valence-electron chi connectivity index (χ4n) is 1.57. The van der Waals surface area contributed by atoms with Crippen molar-refractivity contribution < 1.29 is 4.92 Å². The Morgan fingerprint density at radius 1 is 1.56 bits per heavy atom. The molecule has 94 valence electrons. The van der Waals surface area contributed by atoms with Crippen molar-refractivity contribution in [1.29, 1.82) is 0 Å². The van der Waals surface area contributed by atoms with Crippen molar-refractivity contribution in [3.63, 3.8) is 0 Å². The lowest BCUT2D eigenvalue weighted by Crippen LogP contribution is -2.03. The van der Waals surface area contributed by atoms with E-state index in [1.807, 2.05) is 0 Å². The number of H-pyrrole nitrogens is 1. The Labute approximate surface area is 112 Å². The van der Waals surface area contributed by atoms with Crippen LogP contribution >= 0.6 is 15.9 Å². The first-order chi connectivity index (χ1) is 8.58. The molecule has 6 nitrogen and oxygen atoms in total. The zero-order valence-corrected chi connectivity index (χ0v) is 11.2. The summed E-state index contributed by atoms with van der Waals surface area (Å²) in [5, 5.41) is 14.0. The molecule has 1 aromatic heterocycles. The first kappa shape index (κ1) is 12.6. The molecule has 0 amide bonds. The van der Waals surface area contributed by atoms with Crippen LogP contribution in [0.25, 0.3) is 0 Å². The van der Waals surface area contributed by atoms with Crippen molar-refractivity contribution in [3.05, 3.63) is 50.5 Å². The van der Waals surface area contributed by atoms with Crippen molar-refractivity contribution in [3.8, 4) is 0 Å². The lowest BCUT2D eigenvalue weighted by Gasteiger charge is -2.08. The third-order valence-electron chi connectivity index (χ3n) is 2.48. The maximum absolute atomic E-state index is 10.9. The molecule has 0 fully saturated rings. The molecule has 0 radical (unpaired) electrons. The van der Waals surface area contributed by atoms with E-state index in [0.29, 0.717) is 17.8 Å². The van der Waals surface area contributed by atoms with Gasteiger partial charge in [0.05, 0.1) is 17.2 Å². The Morgan fingerprint density at radius 2 is 2.33 bits per heavy atom. The summed E-state index contributed by atoms with van der Waals surface area (Å²) in [6, 6.07) is 3.24. The van der Waals surface area contributed by atoms with Gasteiger partial charge in [-0.25, -0.2) is 4.98 Å². The summed E-state index contributed by atoms with van der Waals surface area (Å²) in [5.74, 6) is 0.769. The number of benzene rings is 1. The summed E-state index contributed by atoms with van der Waals surface area (Å²) >= 11 is 3.38. The van der Waals surface area contributed by atoms with E-state index in [0.717, 1.165) is 10.3 Å². The summed E-state index contributed by atoms with van der Waals surface area (Å²) in [7, 11) is 0. The summed E-state index contributed by atoms with van der Waals surface area (Å²) in [6.45, 7) is 2.19. The summed E-state index contributed by atoms with van der Waals surface area (Å²) < 4.78 is 0.789. The number of aromatic amines is 1. The number of hydrogen-bond acceptors (Lipinski definition) is 4. The van der Waals surface area contributed by atoms with Gasteiger partial charge < -0.3 is 10.3 Å². The van der Waals surface area contributed by atoms with Crippen LogP contribution in [0.5, 0.6) is 0 Å². The number of nitro benzene ring substituents is 1. The van der Waals surface area contributed by atoms with Crippen LogP contribution in [0.2, 0.25) is 0 Å². The SMILES string of the molecule is Cc1cc(Br)c(NCc2ncc[nH]2)cc1[N+](=O)[O-]. The monoisotopic (exact) mass is 310 g/mol. The molecule has 7 heteroatoms. The average Bonchev–Trinajstić information content (AvgIpc) is 2.80. The van der Waals surface area contributed by atoms with Gasteiger partial charge in [-0.15, -0.1) is 0 Å². The molecule has 18 heavy (non-hydrogen) atoms. The number of halogens is 1. The van der Waals surface area contributed by atoms with E-state index in [1.165, 1.54) is 6.07 Å². The second-order valence-corrected chi connectivity index (χ2v) is 4.62. The fraction of sp³-hybridized carbons (Fsp3) is 0.182. The Bertz CT molecular complexity index is 569. The van der Waals surface area contributed by atoms with Gasteiger partial charge in [0.25, 0.3) is 5.69 Å². The molecule has 0 aliphatic heterocycles. The number of nitro groups is 1. The lowest BCUT2D eigenvalue weighted by atomic mass is 10.2. The molecule has 2 N–H and O–H groups in total. The summed E-state index contributed by atoms with van der Waals surface area (Å²) in [4.78, 5) is 17.5. The van der Waals surface area contributed by atoms with E-state index in [1.54, 1.807) is 25.4 Å². The molecule has 0 atom stereocenters. The summed E-state index contributed by atoms with van der Waals surface area (Å²) in [6.07, 6.45) is 3.38. The van der Waals surface area contributed by atoms with Crippen molar-refractivity contribution in [1.82, 2.24) is 9.97 Å². The molecule has 2 rings (SSSR count). The van der Waals surface area contributed by atoms with Gasteiger partial charge in [-0.2, -0.15) is 0 Å². The molecular formula is C11H11BrN4O2. The molecule has 1 heterocycles. The molecule has 0 saturated carbocycles. The Morgan fingerprint density at radius 3 is 2.94 bits per heavy atom. The van der Waals surface area contributed by atoms with Gasteiger partial charge in [0.15, 0.2) is 0 Å². The van der Waals surface area contributed by atoms with Gasteiger partial charge in [-0.05, 0) is 28.9 Å². The number of anilines is 1. The standard InChI is InChI=1S/C11H11BrN4O2/c1-7-4-8(12)9(5-10(7)16(17)18)15-6-11-13-2-3-14-11/h2-5,15H,6H2,1H3,(H,13,14). The van der Waals surface area contributed by atoms with E-state index in [2.05, 4.69) is 31.2 Å². The van der Waals surface area contributed by atoms with Crippen LogP contribution in [0, 0.1) is 17.0 Å². The minimum atomic E-state index is -0.389. The number of nitrogens with zero attached hydrogens (tertiary/aromatic N) is 2. The number of rotatable bonds is 4. The van der Waals surface area contributed by atoms with Crippen LogP contribution in [0.1, 0.15) is 11.4 Å². The van der Waals surface area contributed by atoms with Gasteiger partial charge in [0, 0.05) is 28.5 Å². The van der Waals surface area contributed by atoms with Crippen molar-refractivity contribution in [2.45, 2.75) is 13.5 Å². The largest absolute Gasteiger partial charge is 0.377 e. The second kappa shape index (κ2) is 5.18. The minimum absolute atomic E-state index is 0.0974. The highest BCUT2D eigenvalue weighted by molar-refractivity contribution is 9.10. The quantitative estimate of drug-likeness (QED) is 0.671. The molecule has 0 saturated heterocycles. The molecule has 0 spiro atoms. The van der Waals surface area contributed by atoms with E-state index < -0.39 is 0 Å². The fourth-order valence-corrected chi connectivity index (χ4v) is 2.17. The highest BCUT2D eigenvalue weighted by atomic mass is 79.9. The van der Waals surface area contributed by atoms with Crippen LogP contribution in [-0.4, -0.2) is 14.9 Å². The highest BCUT2D eigenvalue weighted by Crippen LogP contribution is 2.30. The molecule has 1 aromatic carbocycles. The average molecular weight is 311 g/mol. The number of nitrogens with one attached hydrogen (secondary N) is 2. The van der Waals surface area contributed by atoms with Crippen LogP contribution in [0.3, 0.4) is 0 Å². The third kappa shape index (κ3) is 2.67. The number of aryl methyl sites for hydroxylation is 1. The van der Waals surface area contributed by atoms with Crippen molar-refractivity contribution >= 4 is 27.3 Å². The molecule has 0 aliphatic carbocycles. The topological polar surface area (TPSA) is 83.8 Å². The zero-order chi connectivity index (χ0) is 13.1. The summed E-state index contributed by atoms with van der Waals surface area (Å²) in [5.41, 5.74) is 1.39. The Kier molecular flexibility index (Phi) is 3.61. The zero-order valence-electron chi connectivity index (χ0n) is 9.61. The predicted molar refractivity (Wildman–Crippen MR) is 71.4 cm³/mol. The van der Waals surface area contributed by atoms with Gasteiger partial charge in [-0.3, -0.25) is 10.1 Å². The van der Waals surface area contributed by atoms with Crippen molar-refractivity contribution in [2.24, 2.45) is 0 Å². The number of imidazole rings is 1. The van der Waals surface area contributed by atoms with Crippen LogP contribution in [0.4, 0.5) is 11.4 Å². The van der Waals surface area contributed by atoms with E-state index in [-0.39, 0.29) is 10.6 Å². The van der Waals surface area contributed by atoms with Crippen LogP contribution in [-0.2, 0) is 6.54 Å². The maximum Gasteiger partial charge on any atom is 0.274 e. The van der Waals surface area contributed by atoms with Crippen molar-refractivity contribution in [2.75, 3.05) is 5.32 Å². The molecule has 0 aliphatic rings. The van der Waals surface area contributed by atoms with Gasteiger partial charge in [-0.1, -0.05) is 0 Å². The number of aromatic nitrogens is 2. The molecule has 0 bridgehead atoms. The third-order valence-corrected chi connectivity index (χ3v) is 3.14. The predicted octanol–water partition coefficient (Wildman–Crippen LogP) is 3.00. The smallest absolute Gasteiger partial charge is 0.274 e. The second-order valence-electron chi connectivity index (χ2n) is 3.77. The van der Waals surface area contributed by atoms with Crippen LogP contribution in [0.15, 0.2) is 29.0 Å². The normalized spacial score (nSPS) is 10.3.